The normalized spacial score (nSPS) is 20.2. The molecular weight excluding hydrogens is 463 g/mol. The van der Waals surface area contributed by atoms with Crippen LogP contribution in [0.5, 0.6) is 0 Å². The van der Waals surface area contributed by atoms with Crippen molar-refractivity contribution in [3.8, 4) is 0 Å². The zero-order chi connectivity index (χ0) is 25.1. The average Bonchev–Trinajstić information content (AvgIpc) is 3.32. The van der Waals surface area contributed by atoms with E-state index in [0.717, 1.165) is 50.2 Å². The Balaban J connectivity index is 1.29. The van der Waals surface area contributed by atoms with E-state index in [4.69, 9.17) is 5.11 Å². The molecule has 0 radical (unpaired) electrons. The number of rotatable bonds is 8. The van der Waals surface area contributed by atoms with Gasteiger partial charge in [-0.1, -0.05) is 6.07 Å². The number of pyridine rings is 2. The topological polar surface area (TPSA) is 114 Å². The van der Waals surface area contributed by atoms with Crippen LogP contribution < -0.4 is 10.2 Å². The van der Waals surface area contributed by atoms with Crippen LogP contribution in [0.3, 0.4) is 0 Å². The Kier molecular flexibility index (Phi) is 7.51. The molecule has 5 rings (SSSR count). The number of aliphatic hydroxyl groups excluding tert-OH is 2. The van der Waals surface area contributed by atoms with Gasteiger partial charge in [-0.2, -0.15) is 0 Å². The second-order valence-corrected chi connectivity index (χ2v) is 9.53. The number of nitrogens with one attached hydrogen (secondary N) is 1. The summed E-state index contributed by atoms with van der Waals surface area (Å²) in [6.07, 6.45) is 2.35. The van der Waals surface area contributed by atoms with Gasteiger partial charge < -0.3 is 20.4 Å². The van der Waals surface area contributed by atoms with Gasteiger partial charge in [0, 0.05) is 63.6 Å². The molecule has 192 valence electrons. The minimum absolute atomic E-state index is 0.205. The van der Waals surface area contributed by atoms with Crippen LogP contribution in [0.15, 0.2) is 30.6 Å². The smallest absolute Gasteiger partial charge is 0.229 e. The van der Waals surface area contributed by atoms with Crippen molar-refractivity contribution in [2.75, 3.05) is 62.6 Å². The standard InChI is InChI=1S/C25H33FN8O2/c1-17(36)21-12-19-14-28-25(31-23(19)24(29-21)34-5-4-20(26)16-34)30-22-3-2-18(13-27-22)15-33-8-6-32(7-9-33)10-11-35/h2-3,12-14,17,20,35-36H,4-11,15-16H2,1H3,(H,27,28,30,31)/t17-,20-/m1/s1. The van der Waals surface area contributed by atoms with E-state index in [1.807, 2.05) is 23.2 Å². The molecule has 0 aromatic carbocycles. The maximum Gasteiger partial charge on any atom is 0.229 e. The summed E-state index contributed by atoms with van der Waals surface area (Å²) < 4.78 is 13.9. The quantitative estimate of drug-likeness (QED) is 0.427. The lowest BCUT2D eigenvalue weighted by molar-refractivity contribution is 0.108. The van der Waals surface area contributed by atoms with Gasteiger partial charge in [0.25, 0.3) is 0 Å². The molecule has 3 aromatic heterocycles. The van der Waals surface area contributed by atoms with E-state index in [2.05, 4.69) is 35.1 Å². The predicted molar refractivity (Wildman–Crippen MR) is 136 cm³/mol. The summed E-state index contributed by atoms with van der Waals surface area (Å²) in [5, 5.41) is 23.1. The molecular formula is C25H33FN8O2. The summed E-state index contributed by atoms with van der Waals surface area (Å²) in [5.74, 6) is 1.58. The molecule has 10 nitrogen and oxygen atoms in total. The van der Waals surface area contributed by atoms with Gasteiger partial charge in [-0.15, -0.1) is 0 Å². The number of fused-ring (bicyclic) bond motifs is 1. The van der Waals surface area contributed by atoms with Crippen LogP contribution in [-0.2, 0) is 6.54 Å². The first-order chi connectivity index (χ1) is 17.5. The van der Waals surface area contributed by atoms with Crippen LogP contribution in [0.2, 0.25) is 0 Å². The van der Waals surface area contributed by atoms with E-state index in [0.29, 0.717) is 41.8 Å². The fourth-order valence-corrected chi connectivity index (χ4v) is 4.72. The first-order valence-electron chi connectivity index (χ1n) is 12.5. The van der Waals surface area contributed by atoms with E-state index < -0.39 is 12.3 Å². The third kappa shape index (κ3) is 5.70. The SMILES string of the molecule is C[C@@H](O)c1cc2cnc(Nc3ccc(CN4CCN(CCO)CC4)cn3)nc2c(N2CC[C@@H](F)C2)n1. The Bertz CT molecular complexity index is 1170. The monoisotopic (exact) mass is 496 g/mol. The van der Waals surface area contributed by atoms with Crippen molar-refractivity contribution >= 4 is 28.5 Å². The maximum atomic E-state index is 13.9. The first-order valence-corrected chi connectivity index (χ1v) is 12.5. The fourth-order valence-electron chi connectivity index (χ4n) is 4.72. The molecule has 0 amide bonds. The van der Waals surface area contributed by atoms with Gasteiger partial charge in [0.2, 0.25) is 5.95 Å². The molecule has 2 saturated heterocycles. The van der Waals surface area contributed by atoms with E-state index in [-0.39, 0.29) is 13.2 Å². The Morgan fingerprint density at radius 2 is 1.89 bits per heavy atom. The molecule has 0 saturated carbocycles. The van der Waals surface area contributed by atoms with Crippen LogP contribution in [0.25, 0.3) is 10.9 Å². The highest BCUT2D eigenvalue weighted by Gasteiger charge is 2.26. The molecule has 11 heteroatoms. The number of anilines is 3. The molecule has 2 aliphatic heterocycles. The highest BCUT2D eigenvalue weighted by molar-refractivity contribution is 5.89. The van der Waals surface area contributed by atoms with Gasteiger partial charge in [0.15, 0.2) is 5.82 Å². The predicted octanol–water partition coefficient (Wildman–Crippen LogP) is 1.87. The Labute approximate surface area is 209 Å². The lowest BCUT2D eigenvalue weighted by Crippen LogP contribution is -2.46. The number of hydrogen-bond acceptors (Lipinski definition) is 10. The van der Waals surface area contributed by atoms with Crippen molar-refractivity contribution in [1.29, 1.82) is 0 Å². The molecule has 3 N–H and O–H groups in total. The van der Waals surface area contributed by atoms with Gasteiger partial charge in [-0.3, -0.25) is 9.80 Å². The Hall–Kier alpha value is -2.99. The number of β-amino-alcohol motifs (C(OH)–C–C–N with tert-alkyl or cyclic N) is 1. The number of piperazine rings is 1. The minimum atomic E-state index is -0.899. The van der Waals surface area contributed by atoms with Crippen molar-refractivity contribution in [2.24, 2.45) is 0 Å². The summed E-state index contributed by atoms with van der Waals surface area (Å²) in [7, 11) is 0. The molecule has 2 atom stereocenters. The second kappa shape index (κ2) is 11.0. The lowest BCUT2D eigenvalue weighted by Gasteiger charge is -2.34. The molecule has 36 heavy (non-hydrogen) atoms. The number of aliphatic hydroxyl groups is 2. The molecule has 0 aliphatic carbocycles. The Morgan fingerprint density at radius 3 is 2.56 bits per heavy atom. The van der Waals surface area contributed by atoms with Crippen LogP contribution in [0.4, 0.5) is 22.0 Å². The minimum Gasteiger partial charge on any atom is -0.395 e. The average molecular weight is 497 g/mol. The van der Waals surface area contributed by atoms with E-state index in [1.54, 1.807) is 19.2 Å². The Morgan fingerprint density at radius 1 is 1.08 bits per heavy atom. The van der Waals surface area contributed by atoms with Gasteiger partial charge in [0.05, 0.1) is 24.9 Å². The molecule has 2 fully saturated rings. The summed E-state index contributed by atoms with van der Waals surface area (Å²) in [4.78, 5) is 24.8. The molecule has 0 spiro atoms. The van der Waals surface area contributed by atoms with E-state index >= 15 is 0 Å². The van der Waals surface area contributed by atoms with Gasteiger partial charge in [-0.25, -0.2) is 24.3 Å². The van der Waals surface area contributed by atoms with Gasteiger partial charge >= 0.3 is 0 Å². The van der Waals surface area contributed by atoms with E-state index in [1.165, 1.54) is 0 Å². The van der Waals surface area contributed by atoms with Crippen molar-refractivity contribution in [2.45, 2.75) is 32.2 Å². The molecule has 0 unspecified atom stereocenters. The molecule has 2 aliphatic rings. The summed E-state index contributed by atoms with van der Waals surface area (Å²) in [5.41, 5.74) is 2.25. The fraction of sp³-hybridized carbons (Fsp3) is 0.520. The number of halogens is 1. The second-order valence-electron chi connectivity index (χ2n) is 9.53. The molecule has 5 heterocycles. The molecule has 3 aromatic rings. The van der Waals surface area contributed by atoms with Crippen molar-refractivity contribution in [1.82, 2.24) is 29.7 Å². The van der Waals surface area contributed by atoms with Crippen molar-refractivity contribution in [3.63, 3.8) is 0 Å². The summed E-state index contributed by atoms with van der Waals surface area (Å²) in [6, 6.07) is 5.73. The third-order valence-electron chi connectivity index (χ3n) is 6.78. The first kappa shape index (κ1) is 24.7. The molecule has 0 bridgehead atoms. The number of nitrogens with zero attached hydrogens (tertiary/aromatic N) is 7. The highest BCUT2D eigenvalue weighted by atomic mass is 19.1. The van der Waals surface area contributed by atoms with Crippen LogP contribution in [0, 0.1) is 0 Å². The zero-order valence-electron chi connectivity index (χ0n) is 20.5. The van der Waals surface area contributed by atoms with Gasteiger partial charge in [0.1, 0.15) is 17.5 Å². The number of alkyl halides is 1. The maximum absolute atomic E-state index is 13.9. The summed E-state index contributed by atoms with van der Waals surface area (Å²) >= 11 is 0. The summed E-state index contributed by atoms with van der Waals surface area (Å²) in [6.45, 7) is 8.11. The van der Waals surface area contributed by atoms with Crippen LogP contribution >= 0.6 is 0 Å². The van der Waals surface area contributed by atoms with Crippen LogP contribution in [0.1, 0.15) is 30.7 Å². The van der Waals surface area contributed by atoms with Crippen LogP contribution in [-0.4, -0.2) is 98.5 Å². The van der Waals surface area contributed by atoms with E-state index in [9.17, 15) is 9.50 Å². The third-order valence-corrected chi connectivity index (χ3v) is 6.78. The highest BCUT2D eigenvalue weighted by Crippen LogP contribution is 2.30. The zero-order valence-corrected chi connectivity index (χ0v) is 20.5. The number of aromatic nitrogens is 4. The van der Waals surface area contributed by atoms with Crippen molar-refractivity contribution in [3.05, 3.63) is 41.9 Å². The number of hydrogen-bond donors (Lipinski definition) is 3. The van der Waals surface area contributed by atoms with Gasteiger partial charge in [-0.05, 0) is 31.0 Å². The van der Waals surface area contributed by atoms with Crippen molar-refractivity contribution < 1.29 is 14.6 Å². The largest absolute Gasteiger partial charge is 0.395 e. The lowest BCUT2D eigenvalue weighted by atomic mass is 10.2.